The summed E-state index contributed by atoms with van der Waals surface area (Å²) in [7, 11) is 0. The highest BCUT2D eigenvalue weighted by atomic mass is 16.8. The first-order valence-corrected chi connectivity index (χ1v) is 17.6. The number of carbonyl (C=O) groups is 3. The number of rotatable bonds is 14. The fourth-order valence-corrected chi connectivity index (χ4v) is 6.99. The smallest absolute Gasteiger partial charge is 0.364 e. The summed E-state index contributed by atoms with van der Waals surface area (Å²) in [5.74, 6) is -6.69. The first-order chi connectivity index (χ1) is 26.2. The quantitative estimate of drug-likeness (QED) is 0.0773. The standard InChI is InChI=1S/C31H52N2O23/c1-8-17(41)20(44)21(45)28(50-8)54-25-16(33-10(3)38)27(47)51-14(7-36)23(25)53-29-22(46)26(19(43)13(6-35)52-29)56-31(30(48)49)4-11(39)15(32-9(2)37)24(55-31)18(42)12(40)5-34/h8,11-29,34-36,39-47H,4-7H2,1-3H3,(H,32,37)(H,33,38)(H,48,49)/t8-,11-,12+,13+,14+,15+,16+,17+,18+,19-,20+,21-,22+,23+,24+,25+,26-,27-,28-,29-,31-/m0/s1. The van der Waals surface area contributed by atoms with Crippen LogP contribution < -0.4 is 10.6 Å². The largest absolute Gasteiger partial charge is 0.477 e. The van der Waals surface area contributed by atoms with Gasteiger partial charge in [0.15, 0.2) is 18.9 Å². The molecule has 4 rings (SSSR count). The van der Waals surface area contributed by atoms with Gasteiger partial charge in [-0.15, -0.1) is 0 Å². The van der Waals surface area contributed by atoms with Gasteiger partial charge in [0.1, 0.15) is 85.4 Å². The predicted molar refractivity (Wildman–Crippen MR) is 173 cm³/mol. The van der Waals surface area contributed by atoms with Crippen molar-refractivity contribution < 1.29 is 114 Å². The molecular weight excluding hydrogens is 768 g/mol. The van der Waals surface area contributed by atoms with Crippen LogP contribution in [0, 0.1) is 0 Å². The lowest BCUT2D eigenvalue weighted by molar-refractivity contribution is -0.390. The number of ether oxygens (including phenoxy) is 7. The first-order valence-electron chi connectivity index (χ1n) is 17.6. The summed E-state index contributed by atoms with van der Waals surface area (Å²) in [6.07, 6.45) is -35.1. The second-order valence-electron chi connectivity index (χ2n) is 14.0. The number of nitrogens with one attached hydrogen (secondary N) is 2. The van der Waals surface area contributed by atoms with Crippen molar-refractivity contribution in [2.45, 2.75) is 155 Å². The average molecular weight is 821 g/mol. The van der Waals surface area contributed by atoms with Gasteiger partial charge in [-0.1, -0.05) is 0 Å². The molecule has 4 heterocycles. The van der Waals surface area contributed by atoms with Crippen molar-refractivity contribution in [2.24, 2.45) is 0 Å². The Hall–Kier alpha value is -2.35. The van der Waals surface area contributed by atoms with E-state index in [1.165, 1.54) is 6.92 Å². The third-order valence-electron chi connectivity index (χ3n) is 9.94. The highest BCUT2D eigenvalue weighted by Gasteiger charge is 2.60. The van der Waals surface area contributed by atoms with Crippen LogP contribution in [0.3, 0.4) is 0 Å². The fraction of sp³-hybridized carbons (Fsp3) is 0.903. The second-order valence-corrected chi connectivity index (χ2v) is 14.0. The van der Waals surface area contributed by atoms with Crippen LogP contribution in [0.4, 0.5) is 0 Å². The van der Waals surface area contributed by atoms with E-state index in [-0.39, 0.29) is 0 Å². The monoisotopic (exact) mass is 820 g/mol. The van der Waals surface area contributed by atoms with Gasteiger partial charge in [-0.3, -0.25) is 9.59 Å². The van der Waals surface area contributed by atoms with Crippen LogP contribution in [0.1, 0.15) is 27.2 Å². The van der Waals surface area contributed by atoms with Gasteiger partial charge in [0.05, 0.1) is 38.1 Å². The summed E-state index contributed by atoms with van der Waals surface area (Å²) in [6.45, 7) is 0.283. The molecule has 4 aliphatic heterocycles. The third kappa shape index (κ3) is 9.74. The second kappa shape index (κ2) is 19.1. The summed E-state index contributed by atoms with van der Waals surface area (Å²) in [4.78, 5) is 37.0. The zero-order chi connectivity index (χ0) is 42.0. The van der Waals surface area contributed by atoms with Crippen molar-refractivity contribution >= 4 is 17.8 Å². The molecular formula is C31H52N2O23. The van der Waals surface area contributed by atoms with Crippen LogP contribution in [0.15, 0.2) is 0 Å². The van der Waals surface area contributed by atoms with Crippen LogP contribution >= 0.6 is 0 Å². The SMILES string of the molecule is CC(=O)N[C@@H]1[C@@H](O[C@@H]2O[C@@H](C)[C@@H](O)[C@@H](O)[C@@H]2O)[C@H](O[C@@H]2O[C@H](CO)[C@H](O)[C@H](O[C@]3(C(=O)O)C[C@H](O)[C@@H](NC(C)=O)[C@H]([C@H](O)[C@H](O)CO)O3)[C@H]2O)[C@@H](CO)O[C@@H]1O. The van der Waals surface area contributed by atoms with E-state index >= 15 is 0 Å². The maximum absolute atomic E-state index is 12.9. The van der Waals surface area contributed by atoms with E-state index < -0.39 is 172 Å². The van der Waals surface area contributed by atoms with Gasteiger partial charge in [0, 0.05) is 20.3 Å². The van der Waals surface area contributed by atoms with E-state index in [1.54, 1.807) is 0 Å². The van der Waals surface area contributed by atoms with Crippen molar-refractivity contribution in [2.75, 3.05) is 19.8 Å². The number of carbonyl (C=O) groups excluding carboxylic acids is 2. The number of hydrogen-bond acceptors (Lipinski definition) is 22. The minimum atomic E-state index is -3.12. The molecule has 0 spiro atoms. The number of carboxylic acids is 1. The van der Waals surface area contributed by atoms with Crippen LogP contribution in [0.2, 0.25) is 0 Å². The summed E-state index contributed by atoms with van der Waals surface area (Å²) >= 11 is 0. The first kappa shape index (κ1) is 46.3. The molecule has 25 nitrogen and oxygen atoms in total. The molecule has 0 aromatic rings. The van der Waals surface area contributed by atoms with E-state index in [4.69, 9.17) is 33.2 Å². The Balaban J connectivity index is 1.71. The highest BCUT2D eigenvalue weighted by Crippen LogP contribution is 2.39. The predicted octanol–water partition coefficient (Wildman–Crippen LogP) is -9.23. The molecule has 324 valence electrons. The Kier molecular flexibility index (Phi) is 15.8. The molecule has 0 saturated carbocycles. The van der Waals surface area contributed by atoms with Gasteiger partial charge in [0.2, 0.25) is 11.8 Å². The fourth-order valence-electron chi connectivity index (χ4n) is 6.99. The molecule has 21 atom stereocenters. The minimum absolute atomic E-state index is 0.767. The molecule has 0 aliphatic carbocycles. The van der Waals surface area contributed by atoms with Crippen molar-refractivity contribution in [3.8, 4) is 0 Å². The molecule has 0 radical (unpaired) electrons. The molecule has 0 unspecified atom stereocenters. The molecule has 0 aromatic heterocycles. The van der Waals surface area contributed by atoms with Gasteiger partial charge in [-0.05, 0) is 6.92 Å². The Morgan fingerprint density at radius 1 is 0.732 bits per heavy atom. The molecule has 15 N–H and O–H groups in total. The number of carboxylic acid groups (broad SMARTS) is 1. The van der Waals surface area contributed by atoms with Crippen LogP contribution in [-0.2, 0) is 47.5 Å². The number of amides is 2. The molecule has 2 amide bonds. The lowest BCUT2D eigenvalue weighted by Gasteiger charge is -2.51. The Bertz CT molecular complexity index is 1330. The van der Waals surface area contributed by atoms with Crippen molar-refractivity contribution in [3.63, 3.8) is 0 Å². The summed E-state index contributed by atoms with van der Waals surface area (Å²) in [5.41, 5.74) is 0. The average Bonchev–Trinajstić information content (AvgIpc) is 3.14. The molecule has 0 aromatic carbocycles. The Morgan fingerprint density at radius 2 is 1.30 bits per heavy atom. The van der Waals surface area contributed by atoms with Gasteiger partial charge in [-0.25, -0.2) is 4.79 Å². The number of aliphatic hydroxyl groups is 12. The maximum atomic E-state index is 12.9. The van der Waals surface area contributed by atoms with E-state index in [0.717, 1.165) is 13.8 Å². The molecule has 56 heavy (non-hydrogen) atoms. The van der Waals surface area contributed by atoms with Gasteiger partial charge in [0.25, 0.3) is 5.79 Å². The molecule has 0 bridgehead atoms. The summed E-state index contributed by atoms with van der Waals surface area (Å²) in [5, 5.41) is 142. The molecule has 4 fully saturated rings. The third-order valence-corrected chi connectivity index (χ3v) is 9.94. The summed E-state index contributed by atoms with van der Waals surface area (Å²) < 4.78 is 39.7. The highest BCUT2D eigenvalue weighted by molar-refractivity contribution is 5.76. The van der Waals surface area contributed by atoms with Gasteiger partial charge in [-0.2, -0.15) is 0 Å². The van der Waals surface area contributed by atoms with E-state index in [2.05, 4.69) is 10.6 Å². The zero-order valence-electron chi connectivity index (χ0n) is 30.3. The molecule has 4 saturated heterocycles. The van der Waals surface area contributed by atoms with Crippen molar-refractivity contribution in [3.05, 3.63) is 0 Å². The minimum Gasteiger partial charge on any atom is -0.477 e. The number of hydrogen-bond donors (Lipinski definition) is 15. The maximum Gasteiger partial charge on any atom is 0.364 e. The zero-order valence-corrected chi connectivity index (χ0v) is 30.3. The lowest BCUT2D eigenvalue weighted by atomic mass is 9.88. The van der Waals surface area contributed by atoms with Crippen molar-refractivity contribution in [1.29, 1.82) is 0 Å². The normalized spacial score (nSPS) is 45.7. The Morgan fingerprint density at radius 3 is 1.86 bits per heavy atom. The van der Waals surface area contributed by atoms with E-state index in [9.17, 15) is 80.8 Å². The molecule has 4 aliphatic rings. The van der Waals surface area contributed by atoms with Crippen LogP contribution in [0.5, 0.6) is 0 Å². The summed E-state index contributed by atoms with van der Waals surface area (Å²) in [6, 6.07) is -3.22. The van der Waals surface area contributed by atoms with Crippen molar-refractivity contribution in [1.82, 2.24) is 10.6 Å². The van der Waals surface area contributed by atoms with E-state index in [0.29, 0.717) is 0 Å². The lowest BCUT2D eigenvalue weighted by Crippen LogP contribution is -2.71. The van der Waals surface area contributed by atoms with E-state index in [1.807, 2.05) is 0 Å². The van der Waals surface area contributed by atoms with Gasteiger partial charge >= 0.3 is 5.97 Å². The van der Waals surface area contributed by atoms with Crippen LogP contribution in [0.25, 0.3) is 0 Å². The molecule has 25 heteroatoms. The number of aliphatic hydroxyl groups excluding tert-OH is 12. The topological polar surface area (TPSA) is 403 Å². The Labute approximate surface area is 317 Å². The van der Waals surface area contributed by atoms with Crippen LogP contribution in [-0.4, -0.2) is 232 Å². The number of aliphatic carboxylic acids is 1. The van der Waals surface area contributed by atoms with Gasteiger partial charge < -0.3 is 110 Å².